The number of rotatable bonds is 4. The zero-order chi connectivity index (χ0) is 16.2. The number of nitrogens with zero attached hydrogens (tertiary/aromatic N) is 2. The number of aromatic nitrogens is 1. The molecule has 2 aromatic rings. The molecule has 0 spiro atoms. The Labute approximate surface area is 137 Å². The van der Waals surface area contributed by atoms with Crippen LogP contribution < -0.4 is 10.2 Å². The van der Waals surface area contributed by atoms with E-state index in [9.17, 15) is 4.79 Å². The van der Waals surface area contributed by atoms with E-state index in [4.69, 9.17) is 0 Å². The molecule has 4 heteroatoms. The first-order valence-corrected chi connectivity index (χ1v) is 8.57. The fourth-order valence-corrected chi connectivity index (χ4v) is 3.30. The summed E-state index contributed by atoms with van der Waals surface area (Å²) in [5, 5.41) is 4.24. The lowest BCUT2D eigenvalue weighted by Crippen LogP contribution is -2.40. The van der Waals surface area contributed by atoms with Gasteiger partial charge in [0, 0.05) is 42.8 Å². The maximum Gasteiger partial charge on any atom is 0.223 e. The number of nitrogens with one attached hydrogen (secondary N) is 1. The van der Waals surface area contributed by atoms with Gasteiger partial charge in [-0.3, -0.25) is 9.78 Å². The van der Waals surface area contributed by atoms with E-state index in [-0.39, 0.29) is 11.8 Å². The Morgan fingerprint density at radius 1 is 1.30 bits per heavy atom. The maximum absolute atomic E-state index is 12.1. The van der Waals surface area contributed by atoms with Crippen LogP contribution in [0.15, 0.2) is 30.5 Å². The van der Waals surface area contributed by atoms with Crippen LogP contribution in [0.4, 0.5) is 5.69 Å². The summed E-state index contributed by atoms with van der Waals surface area (Å²) in [5.41, 5.74) is 3.53. The molecule has 0 atom stereocenters. The van der Waals surface area contributed by atoms with Crippen molar-refractivity contribution in [2.75, 3.05) is 24.5 Å². The van der Waals surface area contributed by atoms with Gasteiger partial charge in [-0.15, -0.1) is 0 Å². The number of carbonyl (C=O) groups is 1. The predicted octanol–water partition coefficient (Wildman–Crippen LogP) is 3.29. The molecule has 0 bridgehead atoms. The van der Waals surface area contributed by atoms with Crippen molar-refractivity contribution >= 4 is 22.5 Å². The van der Waals surface area contributed by atoms with Gasteiger partial charge in [0.1, 0.15) is 0 Å². The molecule has 1 amide bonds. The molecule has 4 nitrogen and oxygen atoms in total. The standard InChI is InChI=1S/C19H25N3O/c1-3-9-21-19(23)15-7-11-22(12-8-15)18-6-10-20-17-5-4-14(2)13-16(17)18/h4-6,10,13,15H,3,7-9,11-12H2,1-2H3,(H,21,23). The van der Waals surface area contributed by atoms with Gasteiger partial charge in [-0.1, -0.05) is 18.6 Å². The van der Waals surface area contributed by atoms with E-state index < -0.39 is 0 Å². The summed E-state index contributed by atoms with van der Waals surface area (Å²) < 4.78 is 0. The Morgan fingerprint density at radius 2 is 2.09 bits per heavy atom. The minimum atomic E-state index is 0.160. The van der Waals surface area contributed by atoms with E-state index >= 15 is 0 Å². The molecule has 0 aliphatic carbocycles. The lowest BCUT2D eigenvalue weighted by Gasteiger charge is -2.33. The van der Waals surface area contributed by atoms with E-state index in [0.29, 0.717) is 0 Å². The summed E-state index contributed by atoms with van der Waals surface area (Å²) in [6, 6.07) is 8.49. The Hall–Kier alpha value is -2.10. The monoisotopic (exact) mass is 311 g/mol. The van der Waals surface area contributed by atoms with Crippen molar-refractivity contribution in [2.45, 2.75) is 33.1 Å². The van der Waals surface area contributed by atoms with E-state index in [1.54, 1.807) is 0 Å². The predicted molar refractivity (Wildman–Crippen MR) is 94.7 cm³/mol. The van der Waals surface area contributed by atoms with Crippen LogP contribution in [0.2, 0.25) is 0 Å². The minimum absolute atomic E-state index is 0.160. The van der Waals surface area contributed by atoms with Gasteiger partial charge in [-0.05, 0) is 44.4 Å². The van der Waals surface area contributed by atoms with Gasteiger partial charge < -0.3 is 10.2 Å². The second-order valence-corrected chi connectivity index (χ2v) is 6.40. The van der Waals surface area contributed by atoms with E-state index in [1.807, 2.05) is 6.20 Å². The molecule has 1 saturated heterocycles. The van der Waals surface area contributed by atoms with E-state index in [1.165, 1.54) is 16.6 Å². The quantitative estimate of drug-likeness (QED) is 0.942. The number of hydrogen-bond donors (Lipinski definition) is 1. The normalized spacial score (nSPS) is 15.8. The zero-order valence-corrected chi connectivity index (χ0v) is 14.0. The summed E-state index contributed by atoms with van der Waals surface area (Å²) in [4.78, 5) is 19.0. The molecule has 1 aromatic carbocycles. The zero-order valence-electron chi connectivity index (χ0n) is 14.0. The van der Waals surface area contributed by atoms with Crippen LogP contribution in [0.25, 0.3) is 10.9 Å². The summed E-state index contributed by atoms with van der Waals surface area (Å²) >= 11 is 0. The Bertz CT molecular complexity index is 690. The number of carbonyl (C=O) groups excluding carboxylic acids is 1. The van der Waals surface area contributed by atoms with Gasteiger partial charge in [0.15, 0.2) is 0 Å². The van der Waals surface area contributed by atoms with Crippen LogP contribution in [0.5, 0.6) is 0 Å². The number of hydrogen-bond acceptors (Lipinski definition) is 3. The molecule has 0 radical (unpaired) electrons. The highest BCUT2D eigenvalue weighted by Gasteiger charge is 2.25. The highest BCUT2D eigenvalue weighted by molar-refractivity contribution is 5.92. The fraction of sp³-hybridized carbons (Fsp3) is 0.474. The van der Waals surface area contributed by atoms with Crippen LogP contribution in [-0.2, 0) is 4.79 Å². The number of fused-ring (bicyclic) bond motifs is 1. The lowest BCUT2D eigenvalue weighted by atomic mass is 9.95. The number of amides is 1. The number of benzene rings is 1. The van der Waals surface area contributed by atoms with Crippen molar-refractivity contribution in [3.8, 4) is 0 Å². The largest absolute Gasteiger partial charge is 0.371 e. The topological polar surface area (TPSA) is 45.2 Å². The molecule has 2 heterocycles. The maximum atomic E-state index is 12.1. The second kappa shape index (κ2) is 6.99. The first-order chi connectivity index (χ1) is 11.2. The Kier molecular flexibility index (Phi) is 4.79. The number of pyridine rings is 1. The molecule has 1 fully saturated rings. The molecule has 23 heavy (non-hydrogen) atoms. The van der Waals surface area contributed by atoms with E-state index in [0.717, 1.165) is 44.4 Å². The van der Waals surface area contributed by atoms with Crippen LogP contribution in [-0.4, -0.2) is 30.5 Å². The van der Waals surface area contributed by atoms with Crippen LogP contribution in [0.1, 0.15) is 31.7 Å². The van der Waals surface area contributed by atoms with Gasteiger partial charge in [-0.2, -0.15) is 0 Å². The number of piperidine rings is 1. The summed E-state index contributed by atoms with van der Waals surface area (Å²) in [6.45, 7) is 6.84. The number of anilines is 1. The summed E-state index contributed by atoms with van der Waals surface area (Å²) in [7, 11) is 0. The molecule has 122 valence electrons. The van der Waals surface area contributed by atoms with Crippen LogP contribution in [0, 0.1) is 12.8 Å². The van der Waals surface area contributed by atoms with Crippen molar-refractivity contribution in [3.63, 3.8) is 0 Å². The molecule has 0 unspecified atom stereocenters. The number of aryl methyl sites for hydroxylation is 1. The van der Waals surface area contributed by atoms with Gasteiger partial charge in [-0.25, -0.2) is 0 Å². The smallest absolute Gasteiger partial charge is 0.223 e. The average molecular weight is 311 g/mol. The average Bonchev–Trinajstić information content (AvgIpc) is 2.59. The summed E-state index contributed by atoms with van der Waals surface area (Å²) in [6.07, 6.45) is 4.72. The third kappa shape index (κ3) is 3.46. The molecule has 3 rings (SSSR count). The molecule has 1 aliphatic heterocycles. The lowest BCUT2D eigenvalue weighted by molar-refractivity contribution is -0.125. The SMILES string of the molecule is CCCNC(=O)C1CCN(c2ccnc3ccc(C)cc23)CC1. The van der Waals surface area contributed by atoms with Gasteiger partial charge >= 0.3 is 0 Å². The molecular formula is C19H25N3O. The molecule has 0 saturated carbocycles. The third-order valence-corrected chi connectivity index (χ3v) is 4.63. The van der Waals surface area contributed by atoms with Crippen LogP contribution >= 0.6 is 0 Å². The minimum Gasteiger partial charge on any atom is -0.371 e. The van der Waals surface area contributed by atoms with Crippen molar-refractivity contribution in [1.82, 2.24) is 10.3 Å². The second-order valence-electron chi connectivity index (χ2n) is 6.40. The highest BCUT2D eigenvalue weighted by Crippen LogP contribution is 2.29. The van der Waals surface area contributed by atoms with Gasteiger partial charge in [0.25, 0.3) is 0 Å². The van der Waals surface area contributed by atoms with Crippen molar-refractivity contribution < 1.29 is 4.79 Å². The summed E-state index contributed by atoms with van der Waals surface area (Å²) in [5.74, 6) is 0.384. The Balaban J connectivity index is 1.73. The molecule has 1 N–H and O–H groups in total. The highest BCUT2D eigenvalue weighted by atomic mass is 16.1. The van der Waals surface area contributed by atoms with Crippen LogP contribution in [0.3, 0.4) is 0 Å². The van der Waals surface area contributed by atoms with Crippen molar-refractivity contribution in [2.24, 2.45) is 5.92 Å². The first-order valence-electron chi connectivity index (χ1n) is 8.57. The molecule has 1 aromatic heterocycles. The molecule has 1 aliphatic rings. The van der Waals surface area contributed by atoms with Gasteiger partial charge in [0.2, 0.25) is 5.91 Å². The first kappa shape index (κ1) is 15.8. The molecular weight excluding hydrogens is 286 g/mol. The fourth-order valence-electron chi connectivity index (χ4n) is 3.30. The van der Waals surface area contributed by atoms with Gasteiger partial charge in [0.05, 0.1) is 5.52 Å². The van der Waals surface area contributed by atoms with E-state index in [2.05, 4.69) is 53.3 Å². The third-order valence-electron chi connectivity index (χ3n) is 4.63. The van der Waals surface area contributed by atoms with Crippen molar-refractivity contribution in [1.29, 1.82) is 0 Å². The Morgan fingerprint density at radius 3 is 2.83 bits per heavy atom. The van der Waals surface area contributed by atoms with Crippen molar-refractivity contribution in [3.05, 3.63) is 36.0 Å².